The topological polar surface area (TPSA) is 89.4 Å². The largest absolute Gasteiger partial charge is 0.447 e. The Labute approximate surface area is 175 Å². The minimum atomic E-state index is -3.66. The molecular weight excluding hydrogens is 500 g/mol. The van der Waals surface area contributed by atoms with Crippen molar-refractivity contribution >= 4 is 32.6 Å². The summed E-state index contributed by atoms with van der Waals surface area (Å²) in [6.07, 6.45) is 1.13. The van der Waals surface area contributed by atoms with Crippen molar-refractivity contribution in [3.63, 3.8) is 0 Å². The molecule has 0 spiro atoms. The van der Waals surface area contributed by atoms with Crippen molar-refractivity contribution in [2.75, 3.05) is 13.1 Å². The van der Waals surface area contributed by atoms with Crippen molar-refractivity contribution in [1.82, 2.24) is 14.4 Å². The molecule has 0 atom stereocenters. The van der Waals surface area contributed by atoms with Crippen molar-refractivity contribution in [3.05, 3.63) is 51.4 Å². The van der Waals surface area contributed by atoms with Crippen LogP contribution in [0.1, 0.15) is 30.2 Å². The predicted octanol–water partition coefficient (Wildman–Crippen LogP) is 3.95. The van der Waals surface area contributed by atoms with Crippen molar-refractivity contribution < 1.29 is 21.7 Å². The summed E-state index contributed by atoms with van der Waals surface area (Å²) in [5.74, 6) is 0.963. The summed E-state index contributed by atoms with van der Waals surface area (Å²) in [5.41, 5.74) is 0.307. The predicted molar refractivity (Wildman–Crippen MR) is 107 cm³/mol. The Morgan fingerprint density at radius 3 is 2.61 bits per heavy atom. The lowest BCUT2D eigenvalue weighted by Gasteiger charge is -2.29. The molecule has 148 valence electrons. The third-order valence-electron chi connectivity index (χ3n) is 4.81. The lowest BCUT2D eigenvalue weighted by molar-refractivity contribution is 0.270. The maximum atomic E-state index is 13.5. The van der Waals surface area contributed by atoms with Crippen LogP contribution in [0.5, 0.6) is 0 Å². The molecule has 0 saturated carbocycles. The number of hydrogen-bond donors (Lipinski definition) is 0. The molecule has 0 bridgehead atoms. The van der Waals surface area contributed by atoms with Crippen LogP contribution >= 0.6 is 22.6 Å². The van der Waals surface area contributed by atoms with E-state index in [-0.39, 0.29) is 10.8 Å². The van der Waals surface area contributed by atoms with Gasteiger partial charge in [-0.15, -0.1) is 0 Å². The molecule has 2 aromatic heterocycles. The molecule has 7 nitrogen and oxygen atoms in total. The molecule has 1 fully saturated rings. The summed E-state index contributed by atoms with van der Waals surface area (Å²) in [6.45, 7) is 2.22. The molecule has 0 radical (unpaired) electrons. The molecule has 0 amide bonds. The molecular formula is C18H17FIN3O4S. The number of hydrogen-bond acceptors (Lipinski definition) is 6. The van der Waals surface area contributed by atoms with Crippen LogP contribution in [0.4, 0.5) is 4.39 Å². The third-order valence-corrected chi connectivity index (χ3v) is 7.28. The molecule has 1 aliphatic rings. The number of sulfonamides is 1. The molecule has 28 heavy (non-hydrogen) atoms. The van der Waals surface area contributed by atoms with Crippen LogP contribution in [0.15, 0.2) is 44.2 Å². The molecule has 1 saturated heterocycles. The SMILES string of the molecule is Cc1cc(S(=O)(=O)N2CCC(c3nc(-c4ccc(I)o4)no3)CC2)ccc1F. The van der Waals surface area contributed by atoms with E-state index in [1.54, 1.807) is 13.0 Å². The highest BCUT2D eigenvalue weighted by Gasteiger charge is 2.32. The fourth-order valence-electron chi connectivity index (χ4n) is 3.21. The van der Waals surface area contributed by atoms with Crippen LogP contribution in [-0.4, -0.2) is 36.0 Å². The van der Waals surface area contributed by atoms with Crippen LogP contribution in [0.3, 0.4) is 0 Å². The number of piperidine rings is 1. The Morgan fingerprint density at radius 1 is 1.21 bits per heavy atom. The summed E-state index contributed by atoms with van der Waals surface area (Å²) in [6, 6.07) is 7.44. The standard InChI is InChI=1S/C18H17FIN3O4S/c1-11-10-13(2-3-14(11)19)28(24,25)23-8-6-12(7-9-23)18-21-17(22-27-18)15-4-5-16(20)26-15/h2-5,10,12H,6-9H2,1H3. The summed E-state index contributed by atoms with van der Waals surface area (Å²) in [5, 5.41) is 3.96. The Morgan fingerprint density at radius 2 is 1.96 bits per heavy atom. The van der Waals surface area contributed by atoms with E-state index in [1.807, 2.05) is 6.07 Å². The van der Waals surface area contributed by atoms with Crippen molar-refractivity contribution in [2.45, 2.75) is 30.6 Å². The van der Waals surface area contributed by atoms with E-state index < -0.39 is 15.8 Å². The fourth-order valence-corrected chi connectivity index (χ4v) is 5.18. The Kier molecular flexibility index (Phi) is 5.27. The molecule has 0 N–H and O–H groups in total. The number of aryl methyl sites for hydroxylation is 1. The van der Waals surface area contributed by atoms with E-state index >= 15 is 0 Å². The Hall–Kier alpha value is -1.79. The lowest BCUT2D eigenvalue weighted by atomic mass is 9.98. The van der Waals surface area contributed by atoms with E-state index in [9.17, 15) is 12.8 Å². The number of rotatable bonds is 4. The van der Waals surface area contributed by atoms with Gasteiger partial charge in [0.15, 0.2) is 9.53 Å². The first-order chi connectivity index (χ1) is 13.3. The molecule has 1 aromatic carbocycles. The van der Waals surface area contributed by atoms with Gasteiger partial charge in [-0.1, -0.05) is 5.16 Å². The lowest BCUT2D eigenvalue weighted by Crippen LogP contribution is -2.38. The number of furan rings is 1. The average Bonchev–Trinajstić information content (AvgIpc) is 3.33. The van der Waals surface area contributed by atoms with Gasteiger partial charge in [-0.3, -0.25) is 0 Å². The second-order valence-electron chi connectivity index (χ2n) is 6.65. The van der Waals surface area contributed by atoms with E-state index in [0.717, 1.165) is 3.77 Å². The van der Waals surface area contributed by atoms with Crippen molar-refractivity contribution in [2.24, 2.45) is 0 Å². The van der Waals surface area contributed by atoms with Gasteiger partial charge in [-0.05, 0) is 78.3 Å². The van der Waals surface area contributed by atoms with E-state index in [0.29, 0.717) is 49.0 Å². The summed E-state index contributed by atoms with van der Waals surface area (Å²) < 4.78 is 52.1. The second kappa shape index (κ2) is 7.56. The summed E-state index contributed by atoms with van der Waals surface area (Å²) in [4.78, 5) is 4.51. The van der Waals surface area contributed by atoms with Gasteiger partial charge in [0.05, 0.1) is 4.90 Å². The summed E-state index contributed by atoms with van der Waals surface area (Å²) in [7, 11) is -3.66. The number of benzene rings is 1. The van der Waals surface area contributed by atoms with Crippen LogP contribution in [0.25, 0.3) is 11.6 Å². The number of aromatic nitrogens is 2. The highest BCUT2D eigenvalue weighted by atomic mass is 127. The maximum absolute atomic E-state index is 13.5. The summed E-state index contributed by atoms with van der Waals surface area (Å²) >= 11 is 2.06. The third kappa shape index (κ3) is 3.72. The molecule has 3 aromatic rings. The van der Waals surface area contributed by atoms with Gasteiger partial charge in [-0.2, -0.15) is 9.29 Å². The molecule has 4 rings (SSSR count). The van der Waals surface area contributed by atoms with Crippen LogP contribution in [-0.2, 0) is 10.0 Å². The molecule has 10 heteroatoms. The maximum Gasteiger partial charge on any atom is 0.243 e. The first-order valence-electron chi connectivity index (χ1n) is 8.70. The van der Waals surface area contributed by atoms with Gasteiger partial charge in [-0.25, -0.2) is 12.8 Å². The van der Waals surface area contributed by atoms with Crippen LogP contribution < -0.4 is 0 Å². The van der Waals surface area contributed by atoms with E-state index in [2.05, 4.69) is 32.7 Å². The highest BCUT2D eigenvalue weighted by molar-refractivity contribution is 14.1. The first kappa shape index (κ1) is 19.5. The zero-order chi connectivity index (χ0) is 19.9. The molecule has 3 heterocycles. The monoisotopic (exact) mass is 517 g/mol. The van der Waals surface area contributed by atoms with E-state index in [4.69, 9.17) is 8.94 Å². The highest BCUT2D eigenvalue weighted by Crippen LogP contribution is 2.31. The quantitative estimate of drug-likeness (QED) is 0.487. The molecule has 0 aliphatic carbocycles. The minimum absolute atomic E-state index is 0.0170. The van der Waals surface area contributed by atoms with Crippen LogP contribution in [0, 0.1) is 16.5 Å². The van der Waals surface area contributed by atoms with Crippen molar-refractivity contribution in [1.29, 1.82) is 0 Å². The van der Waals surface area contributed by atoms with Crippen LogP contribution in [0.2, 0.25) is 0 Å². The zero-order valence-electron chi connectivity index (χ0n) is 14.9. The van der Waals surface area contributed by atoms with Gasteiger partial charge < -0.3 is 8.94 Å². The smallest absolute Gasteiger partial charge is 0.243 e. The van der Waals surface area contributed by atoms with Gasteiger partial charge in [0.1, 0.15) is 5.82 Å². The Bertz CT molecular complexity index is 1100. The molecule has 0 unspecified atom stereocenters. The Balaban J connectivity index is 1.46. The molecule has 1 aliphatic heterocycles. The average molecular weight is 517 g/mol. The fraction of sp³-hybridized carbons (Fsp3) is 0.333. The second-order valence-corrected chi connectivity index (χ2v) is 9.65. The van der Waals surface area contributed by atoms with Gasteiger partial charge in [0.25, 0.3) is 0 Å². The van der Waals surface area contributed by atoms with Gasteiger partial charge >= 0.3 is 0 Å². The van der Waals surface area contributed by atoms with Crippen molar-refractivity contribution in [3.8, 4) is 11.6 Å². The number of nitrogens with zero attached hydrogens (tertiary/aromatic N) is 3. The first-order valence-corrected chi connectivity index (χ1v) is 11.2. The number of halogens is 2. The van der Waals surface area contributed by atoms with E-state index in [1.165, 1.54) is 22.5 Å². The normalized spacial score (nSPS) is 16.5. The van der Waals surface area contributed by atoms with Gasteiger partial charge in [0.2, 0.25) is 21.7 Å². The zero-order valence-corrected chi connectivity index (χ0v) is 17.9. The van der Waals surface area contributed by atoms with Gasteiger partial charge in [0, 0.05) is 19.0 Å². The minimum Gasteiger partial charge on any atom is -0.447 e.